The molecule has 1 aromatic carbocycles. The number of fused-ring (bicyclic) bond motifs is 1. The second-order valence-corrected chi connectivity index (χ2v) is 11.9. The van der Waals surface area contributed by atoms with E-state index in [1.807, 2.05) is 58.3 Å². The average Bonchev–Trinajstić information content (AvgIpc) is 3.29. The Bertz CT molecular complexity index is 1310. The Balaban J connectivity index is 1.40. The molecule has 1 aliphatic heterocycles. The first-order valence-corrected chi connectivity index (χ1v) is 14.1. The first-order valence-electron chi connectivity index (χ1n) is 14.1. The summed E-state index contributed by atoms with van der Waals surface area (Å²) in [6, 6.07) is 6.42. The van der Waals surface area contributed by atoms with Gasteiger partial charge in [-0.25, -0.2) is 9.78 Å². The zero-order valence-corrected chi connectivity index (χ0v) is 24.2. The quantitative estimate of drug-likeness (QED) is 0.473. The molecule has 9 heteroatoms. The molecule has 1 N–H and O–H groups in total. The van der Waals surface area contributed by atoms with Crippen molar-refractivity contribution in [1.82, 2.24) is 24.2 Å². The summed E-state index contributed by atoms with van der Waals surface area (Å²) in [5, 5.41) is 2.80. The Labute approximate surface area is 231 Å². The molecule has 0 atom stereocenters. The average molecular weight is 535 g/mol. The van der Waals surface area contributed by atoms with Crippen LogP contribution in [-0.2, 0) is 4.74 Å². The van der Waals surface area contributed by atoms with Crippen molar-refractivity contribution < 1.29 is 14.3 Å². The van der Waals surface area contributed by atoms with Gasteiger partial charge in [-0.1, -0.05) is 6.07 Å². The topological polar surface area (TPSA) is 84.2 Å². The lowest BCUT2D eigenvalue weighted by Gasteiger charge is -2.41. The van der Waals surface area contributed by atoms with Crippen molar-refractivity contribution in [3.05, 3.63) is 42.1 Å². The van der Waals surface area contributed by atoms with Crippen LogP contribution in [0.3, 0.4) is 0 Å². The molecule has 210 valence electrons. The Kier molecular flexibility index (Phi) is 7.82. The van der Waals surface area contributed by atoms with Gasteiger partial charge in [0.1, 0.15) is 17.2 Å². The zero-order chi connectivity index (χ0) is 27.7. The standard InChI is InChI=1S/C30H42N6O3/c1-20-27-26(22-9-12-24(25(19-22)38-6)32-29(37)39-30(2,3)4)33-28(36(27)14-13-31-20)21-7-10-23(11-8-21)35-17-15-34(5)16-18-35/h9,12-14,19,21,23H,7-8,10-11,15-18H2,1-6H3,(H,32,37). The van der Waals surface area contributed by atoms with E-state index in [1.165, 1.54) is 25.9 Å². The predicted molar refractivity (Wildman–Crippen MR) is 154 cm³/mol. The smallest absolute Gasteiger partial charge is 0.412 e. The van der Waals surface area contributed by atoms with E-state index in [0.29, 0.717) is 23.4 Å². The van der Waals surface area contributed by atoms with Crippen LogP contribution in [0, 0.1) is 6.92 Å². The number of nitrogens with zero attached hydrogens (tertiary/aromatic N) is 5. The first-order chi connectivity index (χ1) is 18.6. The minimum Gasteiger partial charge on any atom is -0.495 e. The zero-order valence-electron chi connectivity index (χ0n) is 24.2. The number of carbonyl (C=O) groups is 1. The number of carbonyl (C=O) groups excluding carboxylic acids is 1. The fourth-order valence-electron chi connectivity index (χ4n) is 5.95. The van der Waals surface area contributed by atoms with Gasteiger partial charge >= 0.3 is 6.09 Å². The number of hydrogen-bond donors (Lipinski definition) is 1. The summed E-state index contributed by atoms with van der Waals surface area (Å²) < 4.78 is 13.3. The van der Waals surface area contributed by atoms with Crippen molar-refractivity contribution in [2.75, 3.05) is 45.7 Å². The van der Waals surface area contributed by atoms with E-state index in [1.54, 1.807) is 7.11 Å². The Morgan fingerprint density at radius 2 is 1.79 bits per heavy atom. The van der Waals surface area contributed by atoms with Gasteiger partial charge in [0.05, 0.1) is 29.7 Å². The minimum atomic E-state index is -0.586. The highest BCUT2D eigenvalue weighted by molar-refractivity contribution is 5.89. The van der Waals surface area contributed by atoms with E-state index >= 15 is 0 Å². The minimum absolute atomic E-state index is 0.409. The van der Waals surface area contributed by atoms with Crippen LogP contribution >= 0.6 is 0 Å². The van der Waals surface area contributed by atoms with Gasteiger partial charge in [0.2, 0.25) is 0 Å². The molecule has 39 heavy (non-hydrogen) atoms. The number of methoxy groups -OCH3 is 1. The second kappa shape index (κ2) is 11.1. The van der Waals surface area contributed by atoms with Crippen LogP contribution in [0.1, 0.15) is 63.9 Å². The molecule has 0 radical (unpaired) electrons. The maximum absolute atomic E-state index is 12.4. The van der Waals surface area contributed by atoms with Crippen molar-refractivity contribution in [2.45, 2.75) is 70.9 Å². The summed E-state index contributed by atoms with van der Waals surface area (Å²) >= 11 is 0. The first kappa shape index (κ1) is 27.4. The third kappa shape index (κ3) is 6.04. The number of amides is 1. The highest BCUT2D eigenvalue weighted by atomic mass is 16.6. The molecule has 1 aliphatic carbocycles. The van der Waals surface area contributed by atoms with E-state index in [4.69, 9.17) is 14.5 Å². The van der Waals surface area contributed by atoms with Crippen LogP contribution in [0.15, 0.2) is 30.6 Å². The summed E-state index contributed by atoms with van der Waals surface area (Å²) in [4.78, 5) is 27.3. The van der Waals surface area contributed by atoms with Crippen LogP contribution in [0.25, 0.3) is 16.8 Å². The fourth-order valence-corrected chi connectivity index (χ4v) is 5.95. The molecule has 9 nitrogen and oxygen atoms in total. The lowest BCUT2D eigenvalue weighted by atomic mass is 9.84. The Morgan fingerprint density at radius 3 is 2.46 bits per heavy atom. The fraction of sp³-hybridized carbons (Fsp3) is 0.567. The third-order valence-electron chi connectivity index (χ3n) is 7.99. The normalized spacial score (nSPS) is 21.2. The van der Waals surface area contributed by atoms with E-state index < -0.39 is 11.7 Å². The SMILES string of the molecule is COc1cc(-c2nc(C3CCC(N4CCN(C)CC4)CC3)n3ccnc(C)c23)ccc1NC(=O)OC(C)(C)C. The number of rotatable bonds is 5. The summed E-state index contributed by atoms with van der Waals surface area (Å²) in [6.07, 6.45) is 8.08. The van der Waals surface area contributed by atoms with E-state index in [-0.39, 0.29) is 0 Å². The van der Waals surface area contributed by atoms with Crippen molar-refractivity contribution >= 4 is 17.3 Å². The molecule has 1 saturated carbocycles. The monoisotopic (exact) mass is 534 g/mol. The number of piperazine rings is 1. The molecular formula is C30H42N6O3. The summed E-state index contributed by atoms with van der Waals surface area (Å²) in [5.41, 5.74) is 3.73. The number of likely N-dealkylation sites (N-methyl/N-ethyl adjacent to an activating group) is 1. The lowest BCUT2D eigenvalue weighted by Crippen LogP contribution is -2.49. The predicted octanol–water partition coefficient (Wildman–Crippen LogP) is 5.33. The van der Waals surface area contributed by atoms with Crippen LogP contribution in [0.2, 0.25) is 0 Å². The van der Waals surface area contributed by atoms with Crippen molar-refractivity contribution in [2.24, 2.45) is 0 Å². The van der Waals surface area contributed by atoms with Gasteiger partial charge in [0, 0.05) is 56.1 Å². The molecule has 2 aliphatic rings. The number of imidazole rings is 1. The summed E-state index contributed by atoms with van der Waals surface area (Å²) in [6.45, 7) is 12.2. The van der Waals surface area contributed by atoms with E-state index in [0.717, 1.165) is 54.2 Å². The van der Waals surface area contributed by atoms with Gasteiger partial charge < -0.3 is 14.4 Å². The summed E-state index contributed by atoms with van der Waals surface area (Å²) in [7, 11) is 3.81. The molecular weight excluding hydrogens is 492 g/mol. The van der Waals surface area contributed by atoms with E-state index in [2.05, 4.69) is 31.5 Å². The number of ether oxygens (including phenoxy) is 2. The maximum Gasteiger partial charge on any atom is 0.412 e. The molecule has 3 aromatic rings. The largest absolute Gasteiger partial charge is 0.495 e. The molecule has 1 amide bonds. The van der Waals surface area contributed by atoms with Crippen molar-refractivity contribution in [3.8, 4) is 17.0 Å². The van der Waals surface area contributed by atoms with Crippen LogP contribution < -0.4 is 10.1 Å². The van der Waals surface area contributed by atoms with Gasteiger partial charge in [0.25, 0.3) is 0 Å². The molecule has 0 spiro atoms. The lowest BCUT2D eigenvalue weighted by molar-refractivity contribution is 0.0635. The van der Waals surface area contributed by atoms with Gasteiger partial charge in [0.15, 0.2) is 0 Å². The molecule has 1 saturated heterocycles. The van der Waals surface area contributed by atoms with Crippen molar-refractivity contribution in [1.29, 1.82) is 0 Å². The highest BCUT2D eigenvalue weighted by Crippen LogP contribution is 2.39. The van der Waals surface area contributed by atoms with Crippen LogP contribution in [0.5, 0.6) is 5.75 Å². The van der Waals surface area contributed by atoms with Crippen molar-refractivity contribution in [3.63, 3.8) is 0 Å². The van der Waals surface area contributed by atoms with Gasteiger partial charge in [-0.2, -0.15) is 0 Å². The molecule has 0 unspecified atom stereocenters. The molecule has 0 bridgehead atoms. The van der Waals surface area contributed by atoms with E-state index in [9.17, 15) is 4.79 Å². The Morgan fingerprint density at radius 1 is 1.08 bits per heavy atom. The Hall–Kier alpha value is -3.17. The number of benzene rings is 1. The highest BCUT2D eigenvalue weighted by Gasteiger charge is 2.31. The summed E-state index contributed by atoms with van der Waals surface area (Å²) in [5.74, 6) is 2.07. The molecule has 2 fully saturated rings. The molecule has 2 aromatic heterocycles. The number of anilines is 1. The van der Waals surface area contributed by atoms with Gasteiger partial charge in [-0.05, 0) is 72.6 Å². The third-order valence-corrected chi connectivity index (χ3v) is 7.99. The van der Waals surface area contributed by atoms with Crippen LogP contribution in [-0.4, -0.2) is 82.2 Å². The van der Waals surface area contributed by atoms with Crippen LogP contribution in [0.4, 0.5) is 10.5 Å². The number of nitrogens with one attached hydrogen (secondary N) is 1. The van der Waals surface area contributed by atoms with Gasteiger partial charge in [-0.3, -0.25) is 19.6 Å². The molecule has 5 rings (SSSR count). The van der Waals surface area contributed by atoms with Gasteiger partial charge in [-0.15, -0.1) is 0 Å². The number of aryl methyl sites for hydroxylation is 1. The maximum atomic E-state index is 12.4. The molecule has 3 heterocycles. The number of hydrogen-bond acceptors (Lipinski definition) is 7. The second-order valence-electron chi connectivity index (χ2n) is 11.9. The number of aromatic nitrogens is 3.